The summed E-state index contributed by atoms with van der Waals surface area (Å²) in [5, 5.41) is 0. The predicted octanol–water partition coefficient (Wildman–Crippen LogP) is 6.61. The first-order valence-corrected chi connectivity index (χ1v) is 9.28. The molecule has 130 valence electrons. The summed E-state index contributed by atoms with van der Waals surface area (Å²) in [6.45, 7) is 2.68. The quantitative estimate of drug-likeness (QED) is 0.392. The SMILES string of the molecule is CCOC=C1CCCc2c(-c3ccccc3)cc(-c3ccccc3)[o+]c21. The van der Waals surface area contributed by atoms with Crippen LogP contribution in [0, 0.1) is 0 Å². The summed E-state index contributed by atoms with van der Waals surface area (Å²) < 4.78 is 12.0. The number of ether oxygens (including phenoxy) is 1. The van der Waals surface area contributed by atoms with Gasteiger partial charge in [0.2, 0.25) is 0 Å². The first-order chi connectivity index (χ1) is 12.9. The maximum absolute atomic E-state index is 6.41. The van der Waals surface area contributed by atoms with E-state index in [-0.39, 0.29) is 0 Å². The number of fused-ring (bicyclic) bond motifs is 1. The van der Waals surface area contributed by atoms with Gasteiger partial charge in [0.1, 0.15) is 0 Å². The second-order valence-corrected chi connectivity index (χ2v) is 6.52. The van der Waals surface area contributed by atoms with Crippen molar-refractivity contribution in [3.05, 3.63) is 84.3 Å². The molecule has 0 unspecified atom stereocenters. The Bertz CT molecular complexity index is 912. The van der Waals surface area contributed by atoms with Crippen molar-refractivity contribution in [3.63, 3.8) is 0 Å². The molecular weight excluding hydrogens is 320 g/mol. The van der Waals surface area contributed by atoms with Crippen molar-refractivity contribution in [1.82, 2.24) is 0 Å². The Morgan fingerprint density at radius 3 is 2.31 bits per heavy atom. The molecule has 4 rings (SSSR count). The molecule has 0 bridgehead atoms. The van der Waals surface area contributed by atoms with Crippen LogP contribution in [-0.4, -0.2) is 6.61 Å². The second-order valence-electron chi connectivity index (χ2n) is 6.52. The maximum atomic E-state index is 6.41. The molecule has 0 spiro atoms. The molecule has 1 heterocycles. The first kappa shape index (κ1) is 16.6. The van der Waals surface area contributed by atoms with E-state index in [9.17, 15) is 0 Å². The molecule has 0 atom stereocenters. The van der Waals surface area contributed by atoms with Crippen LogP contribution >= 0.6 is 0 Å². The Hall–Kier alpha value is -2.87. The minimum Gasteiger partial charge on any atom is -0.501 e. The molecule has 26 heavy (non-hydrogen) atoms. The van der Waals surface area contributed by atoms with Gasteiger partial charge < -0.3 is 4.74 Å². The third-order valence-corrected chi connectivity index (χ3v) is 4.79. The molecule has 0 saturated heterocycles. The molecular formula is C24H23O2+. The summed E-state index contributed by atoms with van der Waals surface area (Å²) in [5.41, 5.74) is 6.02. The third-order valence-electron chi connectivity index (χ3n) is 4.79. The van der Waals surface area contributed by atoms with Gasteiger partial charge in [-0.2, -0.15) is 0 Å². The summed E-state index contributed by atoms with van der Waals surface area (Å²) in [7, 11) is 0. The Labute approximate surface area is 154 Å². The molecule has 2 nitrogen and oxygen atoms in total. The van der Waals surface area contributed by atoms with Gasteiger partial charge in [-0.05, 0) is 43.9 Å². The fourth-order valence-corrected chi connectivity index (χ4v) is 3.53. The van der Waals surface area contributed by atoms with Crippen molar-refractivity contribution in [1.29, 1.82) is 0 Å². The largest absolute Gasteiger partial charge is 0.501 e. The highest BCUT2D eigenvalue weighted by Crippen LogP contribution is 2.40. The smallest absolute Gasteiger partial charge is 0.363 e. The molecule has 0 radical (unpaired) electrons. The van der Waals surface area contributed by atoms with Crippen molar-refractivity contribution in [3.8, 4) is 22.5 Å². The Kier molecular flexibility index (Phi) is 4.83. The van der Waals surface area contributed by atoms with E-state index in [1.807, 2.05) is 31.4 Å². The van der Waals surface area contributed by atoms with Crippen molar-refractivity contribution < 1.29 is 9.15 Å². The van der Waals surface area contributed by atoms with E-state index in [0.29, 0.717) is 6.61 Å². The first-order valence-electron chi connectivity index (χ1n) is 9.28. The summed E-state index contributed by atoms with van der Waals surface area (Å²) >= 11 is 0. The van der Waals surface area contributed by atoms with Crippen LogP contribution in [0.15, 0.2) is 77.4 Å². The number of benzene rings is 2. The lowest BCUT2D eigenvalue weighted by Crippen LogP contribution is -2.05. The highest BCUT2D eigenvalue weighted by atomic mass is 16.5. The normalized spacial score (nSPS) is 14.9. The standard InChI is InChI=1S/C24H23O2/c1-2-25-17-20-14-9-15-21-22(18-10-5-3-6-11-18)16-23(26-24(20)21)19-12-7-4-8-13-19/h3-8,10-13,16-17H,2,9,14-15H2,1H3/q+1. The fourth-order valence-electron chi connectivity index (χ4n) is 3.53. The number of hydrogen-bond donors (Lipinski definition) is 0. The lowest BCUT2D eigenvalue weighted by molar-refractivity contribution is 0.269. The lowest BCUT2D eigenvalue weighted by atomic mass is 9.87. The van der Waals surface area contributed by atoms with Gasteiger partial charge >= 0.3 is 11.5 Å². The van der Waals surface area contributed by atoms with Gasteiger partial charge in [-0.15, -0.1) is 0 Å². The van der Waals surface area contributed by atoms with E-state index in [1.54, 1.807) is 0 Å². The molecule has 2 heteroatoms. The second kappa shape index (κ2) is 7.57. The molecule has 0 fully saturated rings. The summed E-state index contributed by atoms with van der Waals surface area (Å²) in [4.78, 5) is 0. The fraction of sp³-hybridized carbons (Fsp3) is 0.208. The molecule has 1 aliphatic rings. The van der Waals surface area contributed by atoms with Gasteiger partial charge in [0, 0.05) is 5.56 Å². The van der Waals surface area contributed by atoms with E-state index >= 15 is 0 Å². The van der Waals surface area contributed by atoms with Crippen LogP contribution in [0.1, 0.15) is 31.1 Å². The van der Waals surface area contributed by atoms with E-state index < -0.39 is 0 Å². The average Bonchev–Trinajstić information content (AvgIpc) is 2.72. The topological polar surface area (TPSA) is 20.5 Å². The Morgan fingerprint density at radius 1 is 0.923 bits per heavy atom. The molecule has 2 aromatic carbocycles. The number of rotatable bonds is 4. The molecule has 0 amide bonds. The van der Waals surface area contributed by atoms with Crippen LogP contribution in [0.5, 0.6) is 0 Å². The van der Waals surface area contributed by atoms with Crippen molar-refractivity contribution >= 4 is 5.57 Å². The van der Waals surface area contributed by atoms with Crippen LogP contribution < -0.4 is 0 Å². The highest BCUT2D eigenvalue weighted by molar-refractivity contribution is 5.79. The van der Waals surface area contributed by atoms with Crippen molar-refractivity contribution in [2.24, 2.45) is 0 Å². The van der Waals surface area contributed by atoms with Crippen molar-refractivity contribution in [2.45, 2.75) is 26.2 Å². The summed E-state index contributed by atoms with van der Waals surface area (Å²) in [5.74, 6) is 1.87. The van der Waals surface area contributed by atoms with Crippen LogP contribution in [-0.2, 0) is 11.2 Å². The van der Waals surface area contributed by atoms with Crippen LogP contribution in [0.2, 0.25) is 0 Å². The van der Waals surface area contributed by atoms with E-state index in [1.165, 1.54) is 16.7 Å². The van der Waals surface area contributed by atoms with Gasteiger partial charge in [-0.3, -0.25) is 0 Å². The van der Waals surface area contributed by atoms with Gasteiger partial charge in [0.15, 0.2) is 0 Å². The van der Waals surface area contributed by atoms with Gasteiger partial charge in [-0.25, -0.2) is 4.42 Å². The molecule has 1 aromatic heterocycles. The monoisotopic (exact) mass is 343 g/mol. The Balaban J connectivity index is 1.94. The lowest BCUT2D eigenvalue weighted by Gasteiger charge is -2.15. The predicted molar refractivity (Wildman–Crippen MR) is 107 cm³/mol. The number of hydrogen-bond acceptors (Lipinski definition) is 1. The van der Waals surface area contributed by atoms with Crippen LogP contribution in [0.3, 0.4) is 0 Å². The minimum atomic E-state index is 0.669. The molecule has 1 aliphatic carbocycles. The van der Waals surface area contributed by atoms with Crippen LogP contribution in [0.4, 0.5) is 0 Å². The molecule has 0 saturated carbocycles. The zero-order chi connectivity index (χ0) is 17.8. The highest BCUT2D eigenvalue weighted by Gasteiger charge is 2.31. The summed E-state index contributed by atoms with van der Waals surface area (Å²) in [6, 6.07) is 23.1. The van der Waals surface area contributed by atoms with E-state index in [0.717, 1.165) is 41.9 Å². The zero-order valence-corrected chi connectivity index (χ0v) is 15.1. The van der Waals surface area contributed by atoms with Gasteiger partial charge in [-0.1, -0.05) is 48.5 Å². The van der Waals surface area contributed by atoms with E-state index in [2.05, 4.69) is 48.5 Å². The average molecular weight is 343 g/mol. The number of allylic oxidation sites excluding steroid dienone is 1. The molecule has 0 N–H and O–H groups in total. The van der Waals surface area contributed by atoms with Gasteiger partial charge in [0.05, 0.1) is 35.6 Å². The minimum absolute atomic E-state index is 0.669. The third kappa shape index (κ3) is 3.28. The zero-order valence-electron chi connectivity index (χ0n) is 15.1. The van der Waals surface area contributed by atoms with Crippen molar-refractivity contribution in [2.75, 3.05) is 6.61 Å². The Morgan fingerprint density at radius 2 is 1.62 bits per heavy atom. The summed E-state index contributed by atoms with van der Waals surface area (Å²) in [6.07, 6.45) is 5.02. The van der Waals surface area contributed by atoms with Crippen LogP contribution in [0.25, 0.3) is 28.0 Å². The molecule has 3 aromatic rings. The maximum Gasteiger partial charge on any atom is 0.363 e. The van der Waals surface area contributed by atoms with E-state index in [4.69, 9.17) is 9.15 Å². The van der Waals surface area contributed by atoms with Gasteiger partial charge in [0.25, 0.3) is 0 Å². The molecule has 0 aliphatic heterocycles.